The molecule has 0 rings (SSSR count). The van der Waals surface area contributed by atoms with E-state index in [4.69, 9.17) is 5.26 Å². The van der Waals surface area contributed by atoms with E-state index < -0.39 is 0 Å². The Morgan fingerprint density at radius 2 is 2.00 bits per heavy atom. The van der Waals surface area contributed by atoms with Gasteiger partial charge in [-0.3, -0.25) is 4.39 Å². The lowest BCUT2D eigenvalue weighted by molar-refractivity contribution is 0.535. The Hall–Kier alpha value is -0.100. The summed E-state index contributed by atoms with van der Waals surface area (Å²) in [6.07, 6.45) is 0. The number of rotatable bonds is 1. The summed E-state index contributed by atoms with van der Waals surface area (Å²) in [5.74, 6) is 0. The SMILES string of the molecule is CC#N.FCCBr. The van der Waals surface area contributed by atoms with Crippen LogP contribution in [0.2, 0.25) is 0 Å². The zero-order valence-corrected chi connectivity index (χ0v) is 5.70. The van der Waals surface area contributed by atoms with Crippen LogP contribution in [0.15, 0.2) is 0 Å². The minimum atomic E-state index is -0.264. The van der Waals surface area contributed by atoms with Crippen LogP contribution in [0.5, 0.6) is 0 Å². The summed E-state index contributed by atoms with van der Waals surface area (Å²) >= 11 is 2.87. The van der Waals surface area contributed by atoms with Gasteiger partial charge in [0.2, 0.25) is 0 Å². The zero-order valence-electron chi connectivity index (χ0n) is 4.12. The first-order chi connectivity index (χ1) is 3.33. The van der Waals surface area contributed by atoms with Crippen molar-refractivity contribution in [3.8, 4) is 6.07 Å². The van der Waals surface area contributed by atoms with E-state index in [-0.39, 0.29) is 6.67 Å². The highest BCUT2D eigenvalue weighted by atomic mass is 79.9. The van der Waals surface area contributed by atoms with E-state index in [2.05, 4.69) is 15.9 Å². The molecule has 0 radical (unpaired) electrons. The molecule has 3 heteroatoms. The van der Waals surface area contributed by atoms with Crippen LogP contribution < -0.4 is 0 Å². The van der Waals surface area contributed by atoms with Crippen molar-refractivity contribution in [1.82, 2.24) is 0 Å². The molecule has 0 bridgehead atoms. The smallest absolute Gasteiger partial charge is 0.0991 e. The molecule has 0 aliphatic heterocycles. The van der Waals surface area contributed by atoms with Crippen LogP contribution in [-0.2, 0) is 0 Å². The van der Waals surface area contributed by atoms with Gasteiger partial charge in [-0.05, 0) is 0 Å². The first-order valence-corrected chi connectivity index (χ1v) is 2.88. The second-order valence-electron chi connectivity index (χ2n) is 0.602. The van der Waals surface area contributed by atoms with Gasteiger partial charge in [0.05, 0.1) is 12.7 Å². The van der Waals surface area contributed by atoms with Gasteiger partial charge in [0, 0.05) is 12.3 Å². The Labute approximate surface area is 51.3 Å². The van der Waals surface area contributed by atoms with Crippen molar-refractivity contribution in [1.29, 1.82) is 5.26 Å². The minimum absolute atomic E-state index is 0.264. The van der Waals surface area contributed by atoms with Gasteiger partial charge < -0.3 is 0 Å². The van der Waals surface area contributed by atoms with E-state index in [9.17, 15) is 4.39 Å². The predicted octanol–water partition coefficient (Wildman–Crippen LogP) is 1.88. The van der Waals surface area contributed by atoms with Gasteiger partial charge in [-0.25, -0.2) is 0 Å². The first-order valence-electron chi connectivity index (χ1n) is 1.76. The first kappa shape index (κ1) is 10.0. The lowest BCUT2D eigenvalue weighted by Crippen LogP contribution is -1.65. The van der Waals surface area contributed by atoms with Gasteiger partial charge in [0.1, 0.15) is 0 Å². The Balaban J connectivity index is 0. The molecule has 42 valence electrons. The van der Waals surface area contributed by atoms with E-state index in [1.54, 1.807) is 6.07 Å². The lowest BCUT2D eigenvalue weighted by Gasteiger charge is -1.62. The number of hydrogen-bond donors (Lipinski definition) is 0. The quantitative estimate of drug-likeness (QED) is 0.548. The number of nitriles is 1. The lowest BCUT2D eigenvalue weighted by atomic mass is 10.9. The summed E-state index contributed by atoms with van der Waals surface area (Å²) in [5.41, 5.74) is 0. The van der Waals surface area contributed by atoms with Gasteiger partial charge >= 0.3 is 0 Å². The average Bonchev–Trinajstić information content (AvgIpc) is 1.69. The topological polar surface area (TPSA) is 23.8 Å². The molecule has 0 aromatic carbocycles. The van der Waals surface area contributed by atoms with Crippen molar-refractivity contribution in [2.45, 2.75) is 6.92 Å². The third-order valence-electron chi connectivity index (χ3n) is 0.0714. The molecule has 0 N–H and O–H groups in total. The molecule has 0 aliphatic rings. The molecule has 0 spiro atoms. The fourth-order valence-corrected chi connectivity index (χ4v) is 0. The Morgan fingerprint density at radius 3 is 2.00 bits per heavy atom. The molecular weight excluding hydrogens is 161 g/mol. The molecule has 1 nitrogen and oxygen atoms in total. The van der Waals surface area contributed by atoms with Crippen molar-refractivity contribution in [3.63, 3.8) is 0 Å². The molecule has 7 heavy (non-hydrogen) atoms. The molecule has 0 aliphatic carbocycles. The molecule has 0 saturated heterocycles. The summed E-state index contributed by atoms with van der Waals surface area (Å²) in [5, 5.41) is 7.78. The maximum absolute atomic E-state index is 10.7. The van der Waals surface area contributed by atoms with Gasteiger partial charge in [-0.1, -0.05) is 15.9 Å². The van der Waals surface area contributed by atoms with Gasteiger partial charge in [0.15, 0.2) is 0 Å². The second kappa shape index (κ2) is 16.8. The summed E-state index contributed by atoms with van der Waals surface area (Å²) in [4.78, 5) is 0. The number of hydrogen-bond acceptors (Lipinski definition) is 1. The highest BCUT2D eigenvalue weighted by Gasteiger charge is 1.63. The Morgan fingerprint density at radius 1 is 1.86 bits per heavy atom. The van der Waals surface area contributed by atoms with Crippen molar-refractivity contribution < 1.29 is 4.39 Å². The maximum Gasteiger partial charge on any atom is 0.0991 e. The number of alkyl halides is 2. The van der Waals surface area contributed by atoms with E-state index in [1.165, 1.54) is 6.92 Å². The van der Waals surface area contributed by atoms with Crippen LogP contribution in [0.25, 0.3) is 0 Å². The molecule has 0 aromatic rings. The molecular formula is C4H7BrFN. The molecule has 0 amide bonds. The highest BCUT2D eigenvalue weighted by Crippen LogP contribution is 1.75. The standard InChI is InChI=1S/C2H4BrF.C2H3N/c3-1-2-4;1-2-3/h1-2H2;1H3. The predicted molar refractivity (Wildman–Crippen MR) is 31.1 cm³/mol. The van der Waals surface area contributed by atoms with E-state index in [0.29, 0.717) is 5.33 Å². The number of nitrogens with zero attached hydrogens (tertiary/aromatic N) is 1. The molecule has 0 aromatic heterocycles. The highest BCUT2D eigenvalue weighted by molar-refractivity contribution is 9.09. The molecule has 0 atom stereocenters. The van der Waals surface area contributed by atoms with E-state index in [0.717, 1.165) is 0 Å². The summed E-state index contributed by atoms with van der Waals surface area (Å²) in [6.45, 7) is 1.17. The monoisotopic (exact) mass is 167 g/mol. The second-order valence-corrected chi connectivity index (χ2v) is 1.39. The Bertz CT molecular complexity index is 48.1. The van der Waals surface area contributed by atoms with Crippen molar-refractivity contribution in [2.24, 2.45) is 0 Å². The molecule has 0 fully saturated rings. The summed E-state index contributed by atoms with van der Waals surface area (Å²) < 4.78 is 10.7. The molecule has 0 heterocycles. The number of halogens is 2. The van der Waals surface area contributed by atoms with Crippen LogP contribution in [-0.4, -0.2) is 12.0 Å². The Kier molecular flexibility index (Phi) is 24.1. The average molecular weight is 168 g/mol. The van der Waals surface area contributed by atoms with Gasteiger partial charge in [0.25, 0.3) is 0 Å². The van der Waals surface area contributed by atoms with Crippen LogP contribution in [0.3, 0.4) is 0 Å². The van der Waals surface area contributed by atoms with Crippen molar-refractivity contribution in [2.75, 3.05) is 12.0 Å². The molecule has 0 saturated carbocycles. The third-order valence-corrected chi connectivity index (χ3v) is 0.371. The maximum atomic E-state index is 10.7. The van der Waals surface area contributed by atoms with Crippen LogP contribution in [0, 0.1) is 11.3 Å². The van der Waals surface area contributed by atoms with Crippen LogP contribution in [0.1, 0.15) is 6.92 Å². The van der Waals surface area contributed by atoms with Crippen LogP contribution in [0.4, 0.5) is 4.39 Å². The summed E-state index contributed by atoms with van der Waals surface area (Å²) in [7, 11) is 0. The third kappa shape index (κ3) is 111. The fraction of sp³-hybridized carbons (Fsp3) is 0.750. The van der Waals surface area contributed by atoms with Crippen molar-refractivity contribution in [3.05, 3.63) is 0 Å². The van der Waals surface area contributed by atoms with Crippen molar-refractivity contribution >= 4 is 15.9 Å². The normalized spacial score (nSPS) is 5.43. The minimum Gasteiger partial charge on any atom is -0.250 e. The fourth-order valence-electron chi connectivity index (χ4n) is 0. The van der Waals surface area contributed by atoms with E-state index in [1.807, 2.05) is 0 Å². The van der Waals surface area contributed by atoms with Gasteiger partial charge in [-0.15, -0.1) is 0 Å². The van der Waals surface area contributed by atoms with Gasteiger partial charge in [-0.2, -0.15) is 5.26 Å². The largest absolute Gasteiger partial charge is 0.250 e. The zero-order chi connectivity index (χ0) is 6.12. The van der Waals surface area contributed by atoms with Crippen LogP contribution >= 0.6 is 15.9 Å². The molecule has 0 unspecified atom stereocenters. The van der Waals surface area contributed by atoms with E-state index >= 15 is 0 Å². The summed E-state index contributed by atoms with van der Waals surface area (Å²) in [6, 6.07) is 1.75.